The van der Waals surface area contributed by atoms with Crippen LogP contribution in [-0.4, -0.2) is 36.9 Å². The number of nitro groups is 1. The zero-order valence-electron chi connectivity index (χ0n) is 15.7. The van der Waals surface area contributed by atoms with Gasteiger partial charge in [0.1, 0.15) is 11.5 Å². The van der Waals surface area contributed by atoms with Crippen molar-refractivity contribution >= 4 is 40.4 Å². The Morgan fingerprint density at radius 2 is 1.83 bits per heavy atom. The zero-order chi connectivity index (χ0) is 21.6. The predicted molar refractivity (Wildman–Crippen MR) is 105 cm³/mol. The Morgan fingerprint density at radius 1 is 1.17 bits per heavy atom. The van der Waals surface area contributed by atoms with Gasteiger partial charge in [0.15, 0.2) is 11.5 Å². The number of nitrogens with one attached hydrogen (secondary N) is 1. The summed E-state index contributed by atoms with van der Waals surface area (Å²) in [6.07, 6.45) is 0. The van der Waals surface area contributed by atoms with E-state index in [2.05, 4.69) is 15.5 Å². The van der Waals surface area contributed by atoms with Gasteiger partial charge in [-0.15, -0.1) is 5.11 Å². The molecule has 29 heavy (non-hydrogen) atoms. The molecule has 0 heterocycles. The molecule has 152 valence electrons. The van der Waals surface area contributed by atoms with Gasteiger partial charge < -0.3 is 14.8 Å². The van der Waals surface area contributed by atoms with Gasteiger partial charge in [-0.2, -0.15) is 5.11 Å². The van der Waals surface area contributed by atoms with Crippen LogP contribution in [0.15, 0.2) is 46.6 Å². The van der Waals surface area contributed by atoms with Crippen LogP contribution in [0, 0.1) is 10.1 Å². The molecule has 0 saturated heterocycles. The summed E-state index contributed by atoms with van der Waals surface area (Å²) in [6.45, 7) is 1.15. The summed E-state index contributed by atoms with van der Waals surface area (Å²) in [5, 5.41) is 21.2. The van der Waals surface area contributed by atoms with E-state index in [0.717, 1.165) is 6.92 Å². The predicted octanol–water partition coefficient (Wildman–Crippen LogP) is 3.95. The van der Waals surface area contributed by atoms with Gasteiger partial charge in [-0.3, -0.25) is 19.7 Å². The van der Waals surface area contributed by atoms with Gasteiger partial charge >= 0.3 is 0 Å². The molecule has 10 nitrogen and oxygen atoms in total. The average molecular weight is 421 g/mol. The number of amides is 1. The molecule has 2 rings (SSSR count). The number of halogens is 1. The lowest BCUT2D eigenvalue weighted by atomic mass is 10.2. The molecule has 2 aromatic carbocycles. The second-order valence-electron chi connectivity index (χ2n) is 5.65. The third-order valence-corrected chi connectivity index (χ3v) is 4.02. The van der Waals surface area contributed by atoms with E-state index in [1.165, 1.54) is 50.6 Å². The molecular formula is C18H17ClN4O6. The number of hydrogen-bond acceptors (Lipinski definition) is 8. The summed E-state index contributed by atoms with van der Waals surface area (Å²) in [5.41, 5.74) is -0.195. The molecule has 0 aliphatic heterocycles. The highest BCUT2D eigenvalue weighted by Gasteiger charge is 2.25. The van der Waals surface area contributed by atoms with Crippen molar-refractivity contribution in [1.29, 1.82) is 0 Å². The van der Waals surface area contributed by atoms with Crippen molar-refractivity contribution in [3.05, 3.63) is 51.5 Å². The minimum Gasteiger partial charge on any atom is -0.495 e. The van der Waals surface area contributed by atoms with Crippen molar-refractivity contribution in [3.8, 4) is 11.5 Å². The lowest BCUT2D eigenvalue weighted by Gasteiger charge is -2.14. The molecule has 0 fully saturated rings. The summed E-state index contributed by atoms with van der Waals surface area (Å²) in [5.74, 6) is -0.832. The number of hydrogen-bond donors (Lipinski definition) is 1. The van der Waals surface area contributed by atoms with E-state index < -0.39 is 22.7 Å². The number of anilines is 1. The fourth-order valence-corrected chi connectivity index (χ4v) is 2.54. The molecule has 0 radical (unpaired) electrons. The maximum atomic E-state index is 12.6. The Labute approximate surface area is 170 Å². The number of nitrogens with zero attached hydrogens (tertiary/aromatic N) is 3. The van der Waals surface area contributed by atoms with Crippen molar-refractivity contribution < 1.29 is 24.0 Å². The first-order chi connectivity index (χ1) is 13.8. The Kier molecular flexibility index (Phi) is 7.21. The standard InChI is InChI=1S/C18H17ClN4O6/c1-10(24)17(22-21-12-6-4-5-7-14(12)23(26)27)18(25)20-13-8-11(19)15(28-2)9-16(13)29-3/h4-9,17H,1-3H3,(H,20,25). The number of carbonyl (C=O) groups is 2. The van der Waals surface area contributed by atoms with E-state index in [0.29, 0.717) is 5.75 Å². The second kappa shape index (κ2) is 9.60. The Bertz CT molecular complexity index is 979. The number of azo groups is 1. The van der Waals surface area contributed by atoms with Crippen molar-refractivity contribution in [2.24, 2.45) is 10.2 Å². The number of Topliss-reactive ketones (excluding diaryl/α,β-unsaturated/α-hetero) is 1. The summed E-state index contributed by atoms with van der Waals surface area (Å²) in [6, 6.07) is 6.91. The molecule has 1 unspecified atom stereocenters. The van der Waals surface area contributed by atoms with Gasteiger partial charge in [0.2, 0.25) is 6.04 Å². The molecule has 0 aliphatic carbocycles. The molecule has 1 N–H and O–H groups in total. The molecular weight excluding hydrogens is 404 g/mol. The maximum Gasteiger partial charge on any atom is 0.296 e. The van der Waals surface area contributed by atoms with Crippen molar-refractivity contribution in [2.75, 3.05) is 19.5 Å². The number of rotatable bonds is 8. The van der Waals surface area contributed by atoms with E-state index in [9.17, 15) is 19.7 Å². The number of carbonyl (C=O) groups excluding carboxylic acids is 2. The Balaban J connectivity index is 2.31. The highest BCUT2D eigenvalue weighted by Crippen LogP contribution is 2.36. The number of nitro benzene ring substituents is 1. The lowest BCUT2D eigenvalue weighted by Crippen LogP contribution is -2.32. The first kappa shape index (κ1) is 21.8. The van der Waals surface area contributed by atoms with Crippen LogP contribution in [0.4, 0.5) is 17.1 Å². The number of ether oxygens (including phenoxy) is 2. The molecule has 0 aliphatic rings. The summed E-state index contributed by atoms with van der Waals surface area (Å²) < 4.78 is 10.3. The summed E-state index contributed by atoms with van der Waals surface area (Å²) >= 11 is 6.07. The van der Waals surface area contributed by atoms with E-state index in [1.807, 2.05) is 0 Å². The molecule has 2 aromatic rings. The highest BCUT2D eigenvalue weighted by molar-refractivity contribution is 6.32. The first-order valence-corrected chi connectivity index (χ1v) is 8.53. The quantitative estimate of drug-likeness (QED) is 0.297. The third kappa shape index (κ3) is 5.26. The highest BCUT2D eigenvalue weighted by atomic mass is 35.5. The Hall–Kier alpha value is -3.53. The lowest BCUT2D eigenvalue weighted by molar-refractivity contribution is -0.384. The van der Waals surface area contributed by atoms with E-state index in [-0.39, 0.29) is 27.8 Å². The monoisotopic (exact) mass is 420 g/mol. The zero-order valence-corrected chi connectivity index (χ0v) is 16.5. The SMILES string of the molecule is COc1cc(OC)c(NC(=O)C(N=Nc2ccccc2[N+](=O)[O-])C(C)=O)cc1Cl. The number of para-hydroxylation sites is 1. The summed E-state index contributed by atoms with van der Waals surface area (Å²) in [7, 11) is 2.81. The molecule has 0 spiro atoms. The van der Waals surface area contributed by atoms with Crippen LogP contribution in [-0.2, 0) is 9.59 Å². The van der Waals surface area contributed by atoms with Crippen LogP contribution >= 0.6 is 11.6 Å². The van der Waals surface area contributed by atoms with Crippen LogP contribution in [0.2, 0.25) is 5.02 Å². The van der Waals surface area contributed by atoms with Crippen molar-refractivity contribution in [3.63, 3.8) is 0 Å². The topological polar surface area (TPSA) is 132 Å². The molecule has 11 heteroatoms. The van der Waals surface area contributed by atoms with Crippen molar-refractivity contribution in [1.82, 2.24) is 0 Å². The van der Waals surface area contributed by atoms with Gasteiger partial charge in [0.25, 0.3) is 11.6 Å². The fourth-order valence-electron chi connectivity index (χ4n) is 2.30. The minimum atomic E-state index is -1.53. The molecule has 0 aromatic heterocycles. The van der Waals surface area contributed by atoms with Crippen LogP contribution in [0.3, 0.4) is 0 Å². The first-order valence-electron chi connectivity index (χ1n) is 8.15. The number of ketones is 1. The van der Waals surface area contributed by atoms with E-state index >= 15 is 0 Å². The Morgan fingerprint density at radius 3 is 2.41 bits per heavy atom. The van der Waals surface area contributed by atoms with Crippen LogP contribution in [0.5, 0.6) is 11.5 Å². The minimum absolute atomic E-state index is 0.0818. The van der Waals surface area contributed by atoms with Gasteiger partial charge in [-0.05, 0) is 19.1 Å². The number of benzene rings is 2. The fraction of sp³-hybridized carbons (Fsp3) is 0.222. The third-order valence-electron chi connectivity index (χ3n) is 3.72. The van der Waals surface area contributed by atoms with Crippen LogP contribution in [0.1, 0.15) is 6.92 Å². The van der Waals surface area contributed by atoms with Crippen LogP contribution < -0.4 is 14.8 Å². The van der Waals surface area contributed by atoms with Gasteiger partial charge in [0, 0.05) is 12.1 Å². The normalized spacial score (nSPS) is 11.7. The average Bonchev–Trinajstić information content (AvgIpc) is 2.68. The summed E-state index contributed by atoms with van der Waals surface area (Å²) in [4.78, 5) is 34.9. The van der Waals surface area contributed by atoms with Gasteiger partial charge in [-0.25, -0.2) is 0 Å². The van der Waals surface area contributed by atoms with Crippen molar-refractivity contribution in [2.45, 2.75) is 13.0 Å². The molecule has 1 atom stereocenters. The maximum absolute atomic E-state index is 12.6. The molecule has 1 amide bonds. The second-order valence-corrected chi connectivity index (χ2v) is 6.06. The van der Waals surface area contributed by atoms with Gasteiger partial charge in [0.05, 0.1) is 29.9 Å². The largest absolute Gasteiger partial charge is 0.495 e. The van der Waals surface area contributed by atoms with E-state index in [4.69, 9.17) is 21.1 Å². The van der Waals surface area contributed by atoms with Gasteiger partial charge in [-0.1, -0.05) is 23.7 Å². The smallest absolute Gasteiger partial charge is 0.296 e. The molecule has 0 bridgehead atoms. The molecule has 0 saturated carbocycles. The number of methoxy groups -OCH3 is 2. The van der Waals surface area contributed by atoms with E-state index in [1.54, 1.807) is 0 Å². The van der Waals surface area contributed by atoms with Crippen LogP contribution in [0.25, 0.3) is 0 Å².